The fraction of sp³-hybridized carbons (Fsp3) is 0.400. The molecule has 0 radical (unpaired) electrons. The smallest absolute Gasteiger partial charge is 0.419 e. The van der Waals surface area contributed by atoms with E-state index in [1.807, 2.05) is 6.07 Å². The third-order valence-corrected chi connectivity index (χ3v) is 3.54. The van der Waals surface area contributed by atoms with Gasteiger partial charge in [0.15, 0.2) is 0 Å². The largest absolute Gasteiger partial charge is 0.444 e. The lowest BCUT2D eigenvalue weighted by Crippen LogP contribution is -2.77. The molecule has 0 aliphatic carbocycles. The molecule has 8 nitrogen and oxygen atoms in total. The molecule has 0 bridgehead atoms. The van der Waals surface area contributed by atoms with Crippen molar-refractivity contribution in [2.45, 2.75) is 25.3 Å². The molecule has 1 saturated heterocycles. The van der Waals surface area contributed by atoms with Crippen LogP contribution in [0.2, 0.25) is 0 Å². The van der Waals surface area contributed by atoms with Crippen molar-refractivity contribution in [2.24, 2.45) is 5.73 Å². The Morgan fingerprint density at radius 3 is 2.48 bits per heavy atom. The van der Waals surface area contributed by atoms with E-state index >= 15 is 0 Å². The van der Waals surface area contributed by atoms with E-state index in [0.717, 1.165) is 5.56 Å². The van der Waals surface area contributed by atoms with E-state index in [9.17, 15) is 14.4 Å². The van der Waals surface area contributed by atoms with Crippen LogP contribution in [0.1, 0.15) is 12.5 Å². The number of ether oxygens (including phenoxy) is 2. The summed E-state index contributed by atoms with van der Waals surface area (Å²) in [6, 6.07) is 7.98. The standard InChI is InChI=1S/C15H19N3O5/c1-10(16)12(19)18(15(22-2)9-17-13(15)20)14(21)23-8-11-6-4-3-5-7-11/h3-7,10H,8-9,16H2,1-2H3,(H,17,20)/t10-,15?/m0/s1. The van der Waals surface area contributed by atoms with Crippen LogP contribution in [0, 0.1) is 0 Å². The number of hydrogen-bond donors (Lipinski definition) is 2. The molecule has 3 amide bonds. The Bertz CT molecular complexity index is 600. The summed E-state index contributed by atoms with van der Waals surface area (Å²) in [5, 5.41) is 2.45. The minimum atomic E-state index is -1.71. The van der Waals surface area contributed by atoms with Crippen molar-refractivity contribution in [3.05, 3.63) is 35.9 Å². The summed E-state index contributed by atoms with van der Waals surface area (Å²) >= 11 is 0. The fourth-order valence-corrected chi connectivity index (χ4v) is 2.15. The van der Waals surface area contributed by atoms with Crippen LogP contribution in [-0.4, -0.2) is 48.2 Å². The number of amides is 3. The molecule has 1 unspecified atom stereocenters. The molecule has 0 spiro atoms. The van der Waals surface area contributed by atoms with E-state index in [4.69, 9.17) is 15.2 Å². The Balaban J connectivity index is 2.18. The van der Waals surface area contributed by atoms with Crippen LogP contribution in [0.5, 0.6) is 0 Å². The molecular weight excluding hydrogens is 302 g/mol. The van der Waals surface area contributed by atoms with Gasteiger partial charge in [-0.1, -0.05) is 30.3 Å². The molecule has 3 N–H and O–H groups in total. The summed E-state index contributed by atoms with van der Waals surface area (Å²) < 4.78 is 10.3. The van der Waals surface area contributed by atoms with Crippen LogP contribution in [-0.2, 0) is 25.7 Å². The van der Waals surface area contributed by atoms with Gasteiger partial charge in [-0.15, -0.1) is 0 Å². The Kier molecular flexibility index (Phi) is 4.97. The highest BCUT2D eigenvalue weighted by Gasteiger charge is 2.57. The van der Waals surface area contributed by atoms with Crippen LogP contribution >= 0.6 is 0 Å². The Morgan fingerprint density at radius 2 is 2.04 bits per heavy atom. The second-order valence-corrected chi connectivity index (χ2v) is 5.17. The van der Waals surface area contributed by atoms with Crippen molar-refractivity contribution in [3.63, 3.8) is 0 Å². The molecular formula is C15H19N3O5. The zero-order valence-corrected chi connectivity index (χ0v) is 12.9. The number of carbonyl (C=O) groups is 3. The number of benzene rings is 1. The van der Waals surface area contributed by atoms with Crippen LogP contribution in [0.3, 0.4) is 0 Å². The zero-order chi connectivity index (χ0) is 17.0. The summed E-state index contributed by atoms with van der Waals surface area (Å²) in [5.74, 6) is -1.34. The molecule has 0 saturated carbocycles. The molecule has 2 rings (SSSR count). The van der Waals surface area contributed by atoms with Crippen molar-refractivity contribution in [1.29, 1.82) is 0 Å². The number of methoxy groups -OCH3 is 1. The molecule has 0 aromatic heterocycles. The lowest BCUT2D eigenvalue weighted by molar-refractivity contribution is -0.191. The molecule has 2 atom stereocenters. The molecule has 1 fully saturated rings. The third-order valence-electron chi connectivity index (χ3n) is 3.54. The topological polar surface area (TPSA) is 111 Å². The van der Waals surface area contributed by atoms with Gasteiger partial charge in [0.1, 0.15) is 6.61 Å². The van der Waals surface area contributed by atoms with Gasteiger partial charge in [-0.3, -0.25) is 9.59 Å². The van der Waals surface area contributed by atoms with Crippen LogP contribution < -0.4 is 11.1 Å². The molecule has 1 aliphatic heterocycles. The highest BCUT2D eigenvalue weighted by Crippen LogP contribution is 2.25. The van der Waals surface area contributed by atoms with Crippen molar-refractivity contribution in [2.75, 3.05) is 13.7 Å². The number of nitrogens with zero attached hydrogens (tertiary/aromatic N) is 1. The van der Waals surface area contributed by atoms with Crippen LogP contribution in [0.4, 0.5) is 4.79 Å². The SMILES string of the molecule is COC1(N(C(=O)OCc2ccccc2)C(=O)[C@H](C)N)CNC1=O. The highest BCUT2D eigenvalue weighted by atomic mass is 16.6. The number of carbonyl (C=O) groups excluding carboxylic acids is 3. The second kappa shape index (κ2) is 6.76. The van der Waals surface area contributed by atoms with Crippen LogP contribution in [0.25, 0.3) is 0 Å². The van der Waals surface area contributed by atoms with Gasteiger partial charge >= 0.3 is 6.09 Å². The summed E-state index contributed by atoms with van der Waals surface area (Å²) in [6.07, 6.45) is -0.979. The maximum Gasteiger partial charge on any atom is 0.419 e. The summed E-state index contributed by atoms with van der Waals surface area (Å²) in [6.45, 7) is 1.37. The van der Waals surface area contributed by atoms with Crippen molar-refractivity contribution >= 4 is 17.9 Å². The van der Waals surface area contributed by atoms with Crippen LogP contribution in [0.15, 0.2) is 30.3 Å². The Morgan fingerprint density at radius 1 is 1.39 bits per heavy atom. The Hall–Kier alpha value is -2.45. The molecule has 8 heteroatoms. The number of nitrogens with two attached hydrogens (primary N) is 1. The zero-order valence-electron chi connectivity index (χ0n) is 12.9. The summed E-state index contributed by atoms with van der Waals surface area (Å²) in [4.78, 5) is 37.2. The molecule has 124 valence electrons. The minimum absolute atomic E-state index is 0.0127. The first-order valence-corrected chi connectivity index (χ1v) is 7.06. The van der Waals surface area contributed by atoms with Gasteiger partial charge in [-0.2, -0.15) is 0 Å². The molecule has 1 heterocycles. The van der Waals surface area contributed by atoms with Crippen molar-refractivity contribution < 1.29 is 23.9 Å². The lowest BCUT2D eigenvalue weighted by Gasteiger charge is -2.45. The maximum absolute atomic E-state index is 12.4. The minimum Gasteiger partial charge on any atom is -0.444 e. The first-order valence-electron chi connectivity index (χ1n) is 7.06. The molecule has 1 aliphatic rings. The van der Waals surface area contributed by atoms with E-state index in [2.05, 4.69) is 5.32 Å². The fourth-order valence-electron chi connectivity index (χ4n) is 2.15. The number of hydrogen-bond acceptors (Lipinski definition) is 6. The first kappa shape index (κ1) is 16.9. The molecule has 23 heavy (non-hydrogen) atoms. The van der Waals surface area contributed by atoms with E-state index in [0.29, 0.717) is 4.90 Å². The van der Waals surface area contributed by atoms with Gasteiger partial charge < -0.3 is 20.5 Å². The quantitative estimate of drug-likeness (QED) is 0.582. The van der Waals surface area contributed by atoms with Gasteiger partial charge in [-0.25, -0.2) is 9.69 Å². The highest BCUT2D eigenvalue weighted by molar-refractivity contribution is 6.03. The predicted molar refractivity (Wildman–Crippen MR) is 79.9 cm³/mol. The monoisotopic (exact) mass is 321 g/mol. The van der Waals surface area contributed by atoms with Gasteiger partial charge in [0.2, 0.25) is 0 Å². The average molecular weight is 321 g/mol. The molecule has 1 aromatic rings. The van der Waals surface area contributed by atoms with Crippen molar-refractivity contribution in [3.8, 4) is 0 Å². The predicted octanol–water partition coefficient (Wildman–Crippen LogP) is -0.0285. The summed E-state index contributed by atoms with van der Waals surface area (Å²) in [5.41, 5.74) is 4.61. The number of rotatable bonds is 5. The van der Waals surface area contributed by atoms with Crippen molar-refractivity contribution in [1.82, 2.24) is 10.2 Å². The van der Waals surface area contributed by atoms with E-state index in [-0.39, 0.29) is 13.2 Å². The third kappa shape index (κ3) is 3.17. The van der Waals surface area contributed by atoms with Gasteiger partial charge in [-0.05, 0) is 12.5 Å². The van der Waals surface area contributed by atoms with E-state index < -0.39 is 29.7 Å². The molecule has 1 aromatic carbocycles. The second-order valence-electron chi connectivity index (χ2n) is 5.17. The lowest BCUT2D eigenvalue weighted by atomic mass is 10.0. The number of imide groups is 1. The number of β-lactam (4-membered cyclic amide) rings is 1. The van der Waals surface area contributed by atoms with Gasteiger partial charge in [0, 0.05) is 7.11 Å². The van der Waals surface area contributed by atoms with Gasteiger partial charge in [0.05, 0.1) is 12.6 Å². The summed E-state index contributed by atoms with van der Waals surface area (Å²) in [7, 11) is 1.24. The maximum atomic E-state index is 12.4. The van der Waals surface area contributed by atoms with E-state index in [1.54, 1.807) is 24.3 Å². The van der Waals surface area contributed by atoms with E-state index in [1.165, 1.54) is 14.0 Å². The first-order chi connectivity index (χ1) is 10.9. The Labute approximate surface area is 133 Å². The van der Waals surface area contributed by atoms with Gasteiger partial charge in [0.25, 0.3) is 17.5 Å². The number of nitrogens with one attached hydrogen (secondary N) is 1. The normalized spacial score (nSPS) is 20.9. The average Bonchev–Trinajstić information content (AvgIpc) is 2.56.